The number of ether oxygens (including phenoxy) is 1. The highest BCUT2D eigenvalue weighted by Crippen LogP contribution is 2.25. The second-order valence-electron chi connectivity index (χ2n) is 8.04. The summed E-state index contributed by atoms with van der Waals surface area (Å²) in [6.45, 7) is 5.88. The molecular formula is C25H29N3O4S. The fraction of sp³-hybridized carbons (Fsp3) is 0.320. The van der Waals surface area contributed by atoms with Gasteiger partial charge in [-0.15, -0.1) is 0 Å². The van der Waals surface area contributed by atoms with Crippen LogP contribution >= 0.6 is 0 Å². The number of anilines is 1. The summed E-state index contributed by atoms with van der Waals surface area (Å²) in [7, 11) is -3.59. The highest BCUT2D eigenvalue weighted by Gasteiger charge is 2.32. The molecule has 33 heavy (non-hydrogen) atoms. The average Bonchev–Trinajstić information content (AvgIpc) is 2.84. The number of nitrogens with zero attached hydrogens (tertiary/aromatic N) is 2. The van der Waals surface area contributed by atoms with Crippen molar-refractivity contribution in [2.75, 3.05) is 38.1 Å². The van der Waals surface area contributed by atoms with E-state index in [1.807, 2.05) is 73.3 Å². The molecule has 3 aromatic carbocycles. The predicted octanol–water partition coefficient (Wildman–Crippen LogP) is 3.57. The summed E-state index contributed by atoms with van der Waals surface area (Å²) in [6.07, 6.45) is 0. The number of nitrogens with one attached hydrogen (secondary N) is 1. The second-order valence-corrected chi connectivity index (χ2v) is 9.98. The zero-order valence-electron chi connectivity index (χ0n) is 18.9. The summed E-state index contributed by atoms with van der Waals surface area (Å²) in [6, 6.07) is 19.9. The van der Waals surface area contributed by atoms with Crippen LogP contribution in [0.25, 0.3) is 10.8 Å². The van der Waals surface area contributed by atoms with Crippen molar-refractivity contribution in [1.29, 1.82) is 0 Å². The number of para-hydroxylation sites is 2. The summed E-state index contributed by atoms with van der Waals surface area (Å²) in [5, 5.41) is 4.84. The first kappa shape index (κ1) is 23.2. The van der Waals surface area contributed by atoms with Crippen molar-refractivity contribution in [3.05, 3.63) is 66.7 Å². The predicted molar refractivity (Wildman–Crippen MR) is 130 cm³/mol. The number of benzene rings is 3. The molecule has 1 aliphatic rings. The number of hydrogen-bond donors (Lipinski definition) is 1. The zero-order valence-corrected chi connectivity index (χ0v) is 19.7. The third kappa shape index (κ3) is 5.03. The molecule has 0 radical (unpaired) electrons. The molecule has 0 bridgehead atoms. The van der Waals surface area contributed by atoms with E-state index in [1.165, 1.54) is 4.31 Å². The molecule has 1 atom stereocenters. The molecule has 4 rings (SSSR count). The molecule has 174 valence electrons. The molecule has 1 heterocycles. The van der Waals surface area contributed by atoms with E-state index in [0.29, 0.717) is 49.1 Å². The molecule has 8 heteroatoms. The topological polar surface area (TPSA) is 79.0 Å². The van der Waals surface area contributed by atoms with Crippen LogP contribution < -0.4 is 10.1 Å². The van der Waals surface area contributed by atoms with Gasteiger partial charge in [-0.3, -0.25) is 9.69 Å². The van der Waals surface area contributed by atoms with Crippen molar-refractivity contribution in [2.24, 2.45) is 0 Å². The van der Waals surface area contributed by atoms with E-state index in [0.717, 1.165) is 10.8 Å². The van der Waals surface area contributed by atoms with Gasteiger partial charge in [0.05, 0.1) is 23.2 Å². The molecule has 1 aliphatic heterocycles. The molecule has 1 amide bonds. The van der Waals surface area contributed by atoms with Crippen LogP contribution in [0.1, 0.15) is 13.8 Å². The van der Waals surface area contributed by atoms with E-state index in [2.05, 4.69) is 5.32 Å². The SMILES string of the molecule is CCOc1ccccc1NC(=O)C(C)N1CCN(S(=O)(=O)c2ccc3ccccc3c2)CC1. The Hall–Kier alpha value is -2.94. The van der Waals surface area contributed by atoms with Gasteiger partial charge in [0.1, 0.15) is 5.75 Å². The maximum absolute atomic E-state index is 13.2. The van der Waals surface area contributed by atoms with Gasteiger partial charge in [-0.1, -0.05) is 42.5 Å². The van der Waals surface area contributed by atoms with E-state index in [4.69, 9.17) is 4.74 Å². The summed E-state index contributed by atoms with van der Waals surface area (Å²) in [5.41, 5.74) is 0.633. The normalized spacial score (nSPS) is 16.4. The molecular weight excluding hydrogens is 438 g/mol. The molecule has 1 N–H and O–H groups in total. The first-order valence-electron chi connectivity index (χ1n) is 11.2. The van der Waals surface area contributed by atoms with Crippen LogP contribution in [0.3, 0.4) is 0 Å². The quantitative estimate of drug-likeness (QED) is 0.575. The summed E-state index contributed by atoms with van der Waals surface area (Å²) >= 11 is 0. The van der Waals surface area contributed by atoms with Crippen LogP contribution in [0.4, 0.5) is 5.69 Å². The van der Waals surface area contributed by atoms with Crippen LogP contribution in [0.2, 0.25) is 0 Å². The lowest BCUT2D eigenvalue weighted by Gasteiger charge is -2.36. The monoisotopic (exact) mass is 467 g/mol. The summed E-state index contributed by atoms with van der Waals surface area (Å²) in [4.78, 5) is 15.2. The minimum Gasteiger partial charge on any atom is -0.492 e. The van der Waals surface area contributed by atoms with Gasteiger partial charge < -0.3 is 10.1 Å². The fourth-order valence-corrected chi connectivity index (χ4v) is 5.52. The number of carbonyl (C=O) groups is 1. The van der Waals surface area contributed by atoms with Crippen molar-refractivity contribution in [3.8, 4) is 5.75 Å². The molecule has 1 unspecified atom stereocenters. The molecule has 3 aromatic rings. The minimum atomic E-state index is -3.59. The van der Waals surface area contributed by atoms with E-state index >= 15 is 0 Å². The summed E-state index contributed by atoms with van der Waals surface area (Å²) < 4.78 is 33.5. The second kappa shape index (κ2) is 9.91. The fourth-order valence-electron chi connectivity index (χ4n) is 4.06. The maximum Gasteiger partial charge on any atom is 0.243 e. The van der Waals surface area contributed by atoms with Gasteiger partial charge in [0.15, 0.2) is 0 Å². The highest BCUT2D eigenvalue weighted by molar-refractivity contribution is 7.89. The van der Waals surface area contributed by atoms with Crippen LogP contribution in [0, 0.1) is 0 Å². The lowest BCUT2D eigenvalue weighted by molar-refractivity contribution is -0.121. The van der Waals surface area contributed by atoms with Gasteiger partial charge in [0, 0.05) is 26.2 Å². The van der Waals surface area contributed by atoms with Gasteiger partial charge in [0.2, 0.25) is 15.9 Å². The van der Waals surface area contributed by atoms with Gasteiger partial charge in [-0.25, -0.2) is 8.42 Å². The Labute approximate surface area is 195 Å². The Kier molecular flexibility index (Phi) is 6.97. The van der Waals surface area contributed by atoms with Crippen LogP contribution in [0.15, 0.2) is 71.6 Å². The standard InChI is InChI=1S/C25H29N3O4S/c1-3-32-24-11-7-6-10-23(24)26-25(29)19(2)27-14-16-28(17-15-27)33(30,31)22-13-12-20-8-4-5-9-21(20)18-22/h4-13,18-19H,3,14-17H2,1-2H3,(H,26,29). The molecule has 1 saturated heterocycles. The van der Waals surface area contributed by atoms with E-state index in [-0.39, 0.29) is 5.91 Å². The zero-order chi connectivity index (χ0) is 23.4. The molecule has 7 nitrogen and oxygen atoms in total. The summed E-state index contributed by atoms with van der Waals surface area (Å²) in [5.74, 6) is 0.486. The Bertz CT molecular complexity index is 1240. The molecule has 0 spiro atoms. The third-order valence-corrected chi connectivity index (χ3v) is 7.90. The van der Waals surface area contributed by atoms with Gasteiger partial charge in [-0.2, -0.15) is 4.31 Å². The number of rotatable bonds is 7. The van der Waals surface area contributed by atoms with E-state index in [1.54, 1.807) is 12.1 Å². The smallest absolute Gasteiger partial charge is 0.243 e. The van der Waals surface area contributed by atoms with Crippen molar-refractivity contribution in [1.82, 2.24) is 9.21 Å². The first-order chi connectivity index (χ1) is 15.9. The first-order valence-corrected chi connectivity index (χ1v) is 12.6. The number of sulfonamides is 1. The van der Waals surface area contributed by atoms with Crippen molar-refractivity contribution >= 4 is 32.4 Å². The van der Waals surface area contributed by atoms with E-state index < -0.39 is 16.1 Å². The molecule has 1 fully saturated rings. The largest absolute Gasteiger partial charge is 0.492 e. The number of amides is 1. The van der Waals surface area contributed by atoms with Gasteiger partial charge in [-0.05, 0) is 48.9 Å². The van der Waals surface area contributed by atoms with Crippen LogP contribution in [-0.2, 0) is 14.8 Å². The number of piperazine rings is 1. The third-order valence-electron chi connectivity index (χ3n) is 6.00. The van der Waals surface area contributed by atoms with Crippen molar-refractivity contribution in [3.63, 3.8) is 0 Å². The maximum atomic E-state index is 13.2. The average molecular weight is 468 g/mol. The highest BCUT2D eigenvalue weighted by atomic mass is 32.2. The van der Waals surface area contributed by atoms with Crippen LogP contribution in [-0.4, -0.2) is 62.4 Å². The Morgan fingerprint density at radius 1 is 0.970 bits per heavy atom. The number of carbonyl (C=O) groups excluding carboxylic acids is 1. The van der Waals surface area contributed by atoms with Crippen LogP contribution in [0.5, 0.6) is 5.75 Å². The van der Waals surface area contributed by atoms with Crippen molar-refractivity contribution < 1.29 is 17.9 Å². The van der Waals surface area contributed by atoms with Crippen molar-refractivity contribution in [2.45, 2.75) is 24.8 Å². The lowest BCUT2D eigenvalue weighted by atomic mass is 10.1. The number of hydrogen-bond acceptors (Lipinski definition) is 5. The Morgan fingerprint density at radius 2 is 1.64 bits per heavy atom. The Balaban J connectivity index is 1.40. The molecule has 0 aromatic heterocycles. The lowest BCUT2D eigenvalue weighted by Crippen LogP contribution is -2.53. The minimum absolute atomic E-state index is 0.145. The molecule has 0 aliphatic carbocycles. The van der Waals surface area contributed by atoms with Gasteiger partial charge in [0.25, 0.3) is 0 Å². The van der Waals surface area contributed by atoms with Gasteiger partial charge >= 0.3 is 0 Å². The Morgan fingerprint density at radius 3 is 2.36 bits per heavy atom. The van der Waals surface area contributed by atoms with E-state index in [9.17, 15) is 13.2 Å². The molecule has 0 saturated carbocycles. The number of fused-ring (bicyclic) bond motifs is 1.